The topological polar surface area (TPSA) is 58.1 Å². The maximum absolute atomic E-state index is 13.1. The van der Waals surface area contributed by atoms with Gasteiger partial charge in [-0.1, -0.05) is 48.6 Å². The van der Waals surface area contributed by atoms with Gasteiger partial charge in [0, 0.05) is 36.7 Å². The number of fused-ring (bicyclic) bond motifs is 2. The number of carbonyl (C=O) groups is 1. The van der Waals surface area contributed by atoms with Gasteiger partial charge in [-0.3, -0.25) is 4.79 Å². The van der Waals surface area contributed by atoms with Crippen LogP contribution < -0.4 is 10.2 Å². The molecule has 170 valence electrons. The Labute approximate surface area is 200 Å². The van der Waals surface area contributed by atoms with Gasteiger partial charge >= 0.3 is 0 Å². The van der Waals surface area contributed by atoms with Gasteiger partial charge in [-0.25, -0.2) is 9.97 Å². The van der Waals surface area contributed by atoms with Crippen molar-refractivity contribution in [2.45, 2.75) is 32.6 Å². The first-order valence-corrected chi connectivity index (χ1v) is 12.1. The van der Waals surface area contributed by atoms with Crippen LogP contribution in [0, 0.1) is 5.92 Å². The number of hydrogen-bond acceptors (Lipinski definition) is 4. The van der Waals surface area contributed by atoms with E-state index in [1.807, 2.05) is 12.1 Å². The molecule has 2 aromatic carbocycles. The third-order valence-electron chi connectivity index (χ3n) is 7.33. The molecule has 1 amide bonds. The van der Waals surface area contributed by atoms with Gasteiger partial charge in [0.1, 0.15) is 12.1 Å². The molecular formula is C29H28N4O. The number of piperidine rings is 1. The molecule has 5 nitrogen and oxygen atoms in total. The Hall–Kier alpha value is -3.73. The van der Waals surface area contributed by atoms with E-state index in [4.69, 9.17) is 0 Å². The van der Waals surface area contributed by atoms with E-state index in [2.05, 4.69) is 75.7 Å². The van der Waals surface area contributed by atoms with Gasteiger partial charge in [-0.05, 0) is 66.2 Å². The summed E-state index contributed by atoms with van der Waals surface area (Å²) in [5, 5.41) is 3.18. The maximum Gasteiger partial charge on any atom is 0.227 e. The Kier molecular flexibility index (Phi) is 5.25. The monoisotopic (exact) mass is 448 g/mol. The molecule has 0 bridgehead atoms. The van der Waals surface area contributed by atoms with Crippen LogP contribution in [-0.4, -0.2) is 29.0 Å². The molecular weight excluding hydrogens is 420 g/mol. The Morgan fingerprint density at radius 1 is 1.06 bits per heavy atom. The molecule has 3 aliphatic rings. The molecule has 3 aromatic rings. The normalized spacial score (nSPS) is 17.1. The fourth-order valence-electron chi connectivity index (χ4n) is 5.42. The average molecular weight is 449 g/mol. The first-order chi connectivity index (χ1) is 16.7. The van der Waals surface area contributed by atoms with Crippen LogP contribution in [0.5, 0.6) is 0 Å². The van der Waals surface area contributed by atoms with E-state index in [0.29, 0.717) is 0 Å². The number of nitrogens with one attached hydrogen (secondary N) is 1. The Morgan fingerprint density at radius 2 is 1.91 bits per heavy atom. The molecule has 0 atom stereocenters. The quantitative estimate of drug-likeness (QED) is 0.582. The van der Waals surface area contributed by atoms with Crippen LogP contribution in [0.2, 0.25) is 0 Å². The summed E-state index contributed by atoms with van der Waals surface area (Å²) in [4.78, 5) is 24.4. The van der Waals surface area contributed by atoms with E-state index < -0.39 is 0 Å². The summed E-state index contributed by atoms with van der Waals surface area (Å²) in [6, 6.07) is 16.8. The number of nitrogens with zero attached hydrogens (tertiary/aromatic N) is 3. The molecule has 0 radical (unpaired) electrons. The minimum atomic E-state index is 0.0152. The van der Waals surface area contributed by atoms with Gasteiger partial charge in [0.25, 0.3) is 0 Å². The number of amides is 1. The van der Waals surface area contributed by atoms with E-state index in [1.54, 1.807) is 6.33 Å². The van der Waals surface area contributed by atoms with E-state index in [9.17, 15) is 4.79 Å². The van der Waals surface area contributed by atoms with Crippen LogP contribution in [0.15, 0.2) is 60.9 Å². The lowest BCUT2D eigenvalue weighted by Crippen LogP contribution is -2.39. The Balaban J connectivity index is 1.10. The van der Waals surface area contributed by atoms with E-state index in [0.717, 1.165) is 56.0 Å². The zero-order chi connectivity index (χ0) is 23.1. The molecule has 2 aliphatic carbocycles. The standard InChI is InChI=1S/C29H28N4O/c1-19-9-10-26-27(19)28(31-18-30-26)33-13-11-20(12-14-33)29(34)32-25-8-4-7-23(17-25)24-15-21-5-2-3-6-22(21)16-24/h2-9,15,17-18,20H,10-14,16H2,1H3,(H,32,34). The highest BCUT2D eigenvalue weighted by Crippen LogP contribution is 2.35. The number of allylic oxidation sites excluding steroid dienone is 3. The van der Waals surface area contributed by atoms with Crippen molar-refractivity contribution in [2.24, 2.45) is 5.92 Å². The third kappa shape index (κ3) is 3.81. The summed E-state index contributed by atoms with van der Waals surface area (Å²) in [6.07, 6.45) is 9.63. The predicted octanol–water partition coefficient (Wildman–Crippen LogP) is 5.39. The van der Waals surface area contributed by atoms with Crippen molar-refractivity contribution < 1.29 is 4.79 Å². The van der Waals surface area contributed by atoms with E-state index in [-0.39, 0.29) is 11.8 Å². The van der Waals surface area contributed by atoms with Crippen LogP contribution >= 0.6 is 0 Å². The number of carbonyl (C=O) groups excluding carboxylic acids is 1. The SMILES string of the molecule is CC1=CCc2ncnc(N3CCC(C(=O)Nc4cccc(C5=Cc6ccccc6C5)c4)CC3)c21. The first-order valence-electron chi connectivity index (χ1n) is 12.1. The van der Waals surface area contributed by atoms with Gasteiger partial charge in [-0.15, -0.1) is 0 Å². The van der Waals surface area contributed by atoms with E-state index in [1.165, 1.54) is 33.4 Å². The van der Waals surface area contributed by atoms with Crippen LogP contribution in [0.25, 0.3) is 17.2 Å². The summed E-state index contributed by atoms with van der Waals surface area (Å²) in [6.45, 7) is 3.80. The summed E-state index contributed by atoms with van der Waals surface area (Å²) in [7, 11) is 0. The smallest absolute Gasteiger partial charge is 0.227 e. The highest BCUT2D eigenvalue weighted by atomic mass is 16.1. The molecule has 1 aromatic heterocycles. The second kappa shape index (κ2) is 8.56. The van der Waals surface area contributed by atoms with Crippen molar-refractivity contribution in [3.05, 3.63) is 88.9 Å². The lowest BCUT2D eigenvalue weighted by Gasteiger charge is -2.33. The molecule has 1 fully saturated rings. The van der Waals surface area contributed by atoms with Gasteiger partial charge < -0.3 is 10.2 Å². The lowest BCUT2D eigenvalue weighted by molar-refractivity contribution is -0.120. The number of anilines is 2. The number of benzene rings is 2. The minimum Gasteiger partial charge on any atom is -0.356 e. The number of aromatic nitrogens is 2. The average Bonchev–Trinajstić information content (AvgIpc) is 3.48. The lowest BCUT2D eigenvalue weighted by atomic mass is 9.95. The van der Waals surface area contributed by atoms with Crippen LogP contribution in [-0.2, 0) is 17.6 Å². The Bertz CT molecular complexity index is 1330. The van der Waals surface area contributed by atoms with Crippen molar-refractivity contribution in [1.82, 2.24) is 9.97 Å². The largest absolute Gasteiger partial charge is 0.356 e. The molecule has 34 heavy (non-hydrogen) atoms. The van der Waals surface area contributed by atoms with E-state index >= 15 is 0 Å². The highest BCUT2D eigenvalue weighted by molar-refractivity contribution is 5.94. The molecule has 1 saturated heterocycles. The number of hydrogen-bond donors (Lipinski definition) is 1. The summed E-state index contributed by atoms with van der Waals surface area (Å²) < 4.78 is 0. The third-order valence-corrected chi connectivity index (χ3v) is 7.33. The van der Waals surface area contributed by atoms with Crippen molar-refractivity contribution in [3.8, 4) is 0 Å². The molecule has 6 rings (SSSR count). The first kappa shape index (κ1) is 20.8. The number of rotatable bonds is 4. The predicted molar refractivity (Wildman–Crippen MR) is 137 cm³/mol. The summed E-state index contributed by atoms with van der Waals surface area (Å²) >= 11 is 0. The van der Waals surface area contributed by atoms with Crippen molar-refractivity contribution in [1.29, 1.82) is 0 Å². The second-order valence-corrected chi connectivity index (χ2v) is 9.49. The summed E-state index contributed by atoms with van der Waals surface area (Å²) in [5.41, 5.74) is 9.55. The second-order valence-electron chi connectivity index (χ2n) is 9.49. The fourth-order valence-corrected chi connectivity index (χ4v) is 5.42. The van der Waals surface area contributed by atoms with Gasteiger partial charge in [0.2, 0.25) is 5.91 Å². The van der Waals surface area contributed by atoms with Gasteiger partial charge in [-0.2, -0.15) is 0 Å². The molecule has 0 unspecified atom stereocenters. The molecule has 0 spiro atoms. The van der Waals surface area contributed by atoms with Crippen molar-refractivity contribution >= 4 is 34.6 Å². The highest BCUT2D eigenvalue weighted by Gasteiger charge is 2.29. The zero-order valence-corrected chi connectivity index (χ0v) is 19.4. The maximum atomic E-state index is 13.1. The molecule has 1 aliphatic heterocycles. The van der Waals surface area contributed by atoms with Crippen LogP contribution in [0.1, 0.15) is 47.7 Å². The molecule has 0 saturated carbocycles. The molecule has 1 N–H and O–H groups in total. The van der Waals surface area contributed by atoms with Crippen LogP contribution in [0.4, 0.5) is 11.5 Å². The van der Waals surface area contributed by atoms with Crippen LogP contribution in [0.3, 0.4) is 0 Å². The zero-order valence-electron chi connectivity index (χ0n) is 19.4. The molecule has 5 heteroatoms. The Morgan fingerprint density at radius 3 is 2.76 bits per heavy atom. The molecule has 2 heterocycles. The fraction of sp³-hybridized carbons (Fsp3) is 0.276. The van der Waals surface area contributed by atoms with Crippen molar-refractivity contribution in [3.63, 3.8) is 0 Å². The minimum absolute atomic E-state index is 0.0152. The van der Waals surface area contributed by atoms with Gasteiger partial charge in [0.15, 0.2) is 0 Å². The summed E-state index contributed by atoms with van der Waals surface area (Å²) in [5.74, 6) is 1.15. The van der Waals surface area contributed by atoms with Gasteiger partial charge in [0.05, 0.1) is 5.69 Å². The van der Waals surface area contributed by atoms with Crippen molar-refractivity contribution in [2.75, 3.05) is 23.3 Å².